The van der Waals surface area contributed by atoms with Crippen molar-refractivity contribution in [2.45, 2.75) is 12.6 Å². The monoisotopic (exact) mass is 288 g/mol. The van der Waals surface area contributed by atoms with Crippen molar-refractivity contribution in [2.75, 3.05) is 7.11 Å². The molecule has 0 saturated carbocycles. The van der Waals surface area contributed by atoms with E-state index in [4.69, 9.17) is 4.74 Å². The van der Waals surface area contributed by atoms with Crippen LogP contribution in [0.5, 0.6) is 11.5 Å². The highest BCUT2D eigenvalue weighted by Crippen LogP contribution is 2.40. The quantitative estimate of drug-likeness (QED) is 0.922. The van der Waals surface area contributed by atoms with Crippen molar-refractivity contribution in [3.8, 4) is 11.5 Å². The number of hydrogen-bond acceptors (Lipinski definition) is 3. The van der Waals surface area contributed by atoms with E-state index in [-0.39, 0.29) is 12.2 Å². The van der Waals surface area contributed by atoms with E-state index in [1.807, 2.05) is 0 Å². The molecule has 0 aliphatic rings. The summed E-state index contributed by atoms with van der Waals surface area (Å²) < 4.78 is 42.5. The number of hydrogen-bond donors (Lipinski definition) is 1. The third kappa shape index (κ3) is 3.20. The average Bonchev–Trinajstić information content (AvgIpc) is 2.72. The lowest BCUT2D eigenvalue weighted by atomic mass is 10.1. The van der Waals surface area contributed by atoms with E-state index < -0.39 is 11.1 Å². The molecule has 0 radical (unpaired) electrons. The number of halogens is 3. The van der Waals surface area contributed by atoms with E-state index in [2.05, 4.69) is 0 Å². The van der Waals surface area contributed by atoms with Crippen LogP contribution in [0.25, 0.3) is 0 Å². The molecule has 0 atom stereocenters. The summed E-state index contributed by atoms with van der Waals surface area (Å²) >= 11 is 0.565. The molecule has 1 heterocycles. The third-order valence-corrected chi connectivity index (χ3v) is 3.76. The van der Waals surface area contributed by atoms with Crippen molar-refractivity contribution >= 4 is 11.3 Å². The Morgan fingerprint density at radius 1 is 1.21 bits per heavy atom. The number of methoxy groups -OCH3 is 1. The molecule has 102 valence electrons. The Balaban J connectivity index is 2.20. The largest absolute Gasteiger partial charge is 0.507 e. The van der Waals surface area contributed by atoms with Crippen molar-refractivity contribution in [1.82, 2.24) is 0 Å². The number of alkyl halides is 3. The van der Waals surface area contributed by atoms with E-state index in [9.17, 15) is 18.3 Å². The van der Waals surface area contributed by atoms with Gasteiger partial charge in [-0.1, -0.05) is 12.1 Å². The van der Waals surface area contributed by atoms with Crippen molar-refractivity contribution in [3.05, 3.63) is 45.6 Å². The lowest BCUT2D eigenvalue weighted by molar-refractivity contribution is -0.134. The Kier molecular flexibility index (Phi) is 3.71. The third-order valence-electron chi connectivity index (χ3n) is 2.59. The molecule has 1 aromatic heterocycles. The van der Waals surface area contributed by atoms with Crippen LogP contribution in [0.4, 0.5) is 13.2 Å². The maximum Gasteiger partial charge on any atom is 0.425 e. The smallest absolute Gasteiger partial charge is 0.425 e. The highest BCUT2D eigenvalue weighted by molar-refractivity contribution is 7.12. The van der Waals surface area contributed by atoms with Crippen molar-refractivity contribution in [1.29, 1.82) is 0 Å². The van der Waals surface area contributed by atoms with Gasteiger partial charge in [-0.25, -0.2) is 0 Å². The minimum absolute atomic E-state index is 0.260. The van der Waals surface area contributed by atoms with Crippen LogP contribution in [-0.2, 0) is 12.6 Å². The van der Waals surface area contributed by atoms with Gasteiger partial charge in [0.25, 0.3) is 0 Å². The highest BCUT2D eigenvalue weighted by Gasteiger charge is 2.33. The van der Waals surface area contributed by atoms with E-state index in [0.29, 0.717) is 22.0 Å². The van der Waals surface area contributed by atoms with E-state index in [1.165, 1.54) is 7.11 Å². The Hall–Kier alpha value is -1.69. The van der Waals surface area contributed by atoms with Gasteiger partial charge in [0.05, 0.1) is 12.0 Å². The van der Waals surface area contributed by atoms with E-state index in [0.717, 1.165) is 11.6 Å². The average molecular weight is 288 g/mol. The molecule has 0 unspecified atom stereocenters. The van der Waals surface area contributed by atoms with E-state index in [1.54, 1.807) is 24.3 Å². The normalized spacial score (nSPS) is 11.6. The van der Waals surface area contributed by atoms with Crippen LogP contribution < -0.4 is 4.74 Å². The molecular formula is C13H11F3O2S. The molecule has 2 rings (SSSR count). The number of rotatable bonds is 3. The van der Waals surface area contributed by atoms with Crippen molar-refractivity contribution < 1.29 is 23.0 Å². The summed E-state index contributed by atoms with van der Waals surface area (Å²) in [6.45, 7) is 0. The fraction of sp³-hybridized carbons (Fsp3) is 0.231. The predicted molar refractivity (Wildman–Crippen MR) is 66.8 cm³/mol. The summed E-state index contributed by atoms with van der Waals surface area (Å²) in [5, 5.41) is 9.54. The van der Waals surface area contributed by atoms with Crippen LogP contribution in [0.2, 0.25) is 0 Å². The summed E-state index contributed by atoms with van der Waals surface area (Å²) in [5.74, 6) is 0.364. The lowest BCUT2D eigenvalue weighted by Gasteiger charge is -2.03. The van der Waals surface area contributed by atoms with Crippen LogP contribution in [0.3, 0.4) is 0 Å². The van der Waals surface area contributed by atoms with Crippen LogP contribution >= 0.6 is 11.3 Å². The summed E-state index contributed by atoms with van der Waals surface area (Å²) in [7, 11) is 1.54. The molecule has 0 amide bonds. The Labute approximate surface area is 112 Å². The SMILES string of the molecule is COc1ccc(Cc2sc(C(F)(F)F)cc2O)cc1. The molecule has 0 bridgehead atoms. The van der Waals surface area contributed by atoms with Gasteiger partial charge in [0.15, 0.2) is 0 Å². The molecule has 6 heteroatoms. The molecule has 0 fully saturated rings. The molecule has 2 nitrogen and oxygen atoms in total. The van der Waals surface area contributed by atoms with E-state index >= 15 is 0 Å². The Morgan fingerprint density at radius 3 is 2.32 bits per heavy atom. The highest BCUT2D eigenvalue weighted by atomic mass is 32.1. The van der Waals surface area contributed by atoms with Crippen molar-refractivity contribution in [2.24, 2.45) is 0 Å². The first-order valence-corrected chi connectivity index (χ1v) is 6.23. The molecule has 1 aromatic carbocycles. The van der Waals surface area contributed by atoms with Gasteiger partial charge in [-0.2, -0.15) is 13.2 Å². The second kappa shape index (κ2) is 5.13. The van der Waals surface area contributed by atoms with Crippen molar-refractivity contribution in [3.63, 3.8) is 0 Å². The van der Waals surface area contributed by atoms with Gasteiger partial charge in [0.2, 0.25) is 0 Å². The minimum Gasteiger partial charge on any atom is -0.507 e. The second-order valence-electron chi connectivity index (χ2n) is 3.94. The zero-order valence-electron chi connectivity index (χ0n) is 9.99. The van der Waals surface area contributed by atoms with Gasteiger partial charge in [0, 0.05) is 12.5 Å². The summed E-state index contributed by atoms with van der Waals surface area (Å²) in [6, 6.07) is 7.73. The standard InChI is InChI=1S/C13H11F3O2S/c1-18-9-4-2-8(3-5-9)6-11-10(17)7-12(19-11)13(14,15)16/h2-5,7,17H,6H2,1H3. The van der Waals surface area contributed by atoms with Gasteiger partial charge >= 0.3 is 6.18 Å². The van der Waals surface area contributed by atoms with Gasteiger partial charge in [-0.3, -0.25) is 0 Å². The number of benzene rings is 1. The first-order chi connectivity index (χ1) is 8.90. The summed E-state index contributed by atoms with van der Waals surface area (Å²) in [4.78, 5) is -0.481. The van der Waals surface area contributed by atoms with Crippen LogP contribution in [0, 0.1) is 0 Å². The molecule has 1 N–H and O–H groups in total. The van der Waals surface area contributed by atoms with Gasteiger partial charge in [-0.05, 0) is 17.7 Å². The molecule has 19 heavy (non-hydrogen) atoms. The first-order valence-electron chi connectivity index (χ1n) is 5.42. The molecular weight excluding hydrogens is 277 g/mol. The second-order valence-corrected chi connectivity index (χ2v) is 5.08. The van der Waals surface area contributed by atoms with Crippen LogP contribution in [0.1, 0.15) is 15.3 Å². The molecule has 0 saturated heterocycles. The van der Waals surface area contributed by atoms with Gasteiger partial charge in [-0.15, -0.1) is 11.3 Å². The molecule has 0 aliphatic carbocycles. The zero-order valence-corrected chi connectivity index (χ0v) is 10.8. The molecule has 0 spiro atoms. The Bertz CT molecular complexity index is 558. The summed E-state index contributed by atoms with van der Waals surface area (Å²) in [5.41, 5.74) is 0.812. The topological polar surface area (TPSA) is 29.5 Å². The minimum atomic E-state index is -4.42. The number of thiophene rings is 1. The number of ether oxygens (including phenoxy) is 1. The fourth-order valence-electron chi connectivity index (χ4n) is 1.61. The molecule has 0 aliphatic heterocycles. The zero-order chi connectivity index (χ0) is 14.0. The predicted octanol–water partition coefficient (Wildman–Crippen LogP) is 4.07. The van der Waals surface area contributed by atoms with Crippen LogP contribution in [-0.4, -0.2) is 12.2 Å². The molecule has 2 aromatic rings. The maximum absolute atomic E-state index is 12.5. The van der Waals surface area contributed by atoms with Gasteiger partial charge in [0.1, 0.15) is 16.4 Å². The fourth-order valence-corrected chi connectivity index (χ4v) is 2.57. The number of aromatic hydroxyl groups is 1. The van der Waals surface area contributed by atoms with Gasteiger partial charge < -0.3 is 9.84 Å². The summed E-state index contributed by atoms with van der Waals surface area (Å²) in [6.07, 6.45) is -4.16. The van der Waals surface area contributed by atoms with Crippen LogP contribution in [0.15, 0.2) is 30.3 Å². The first kappa shape index (κ1) is 13.7. The maximum atomic E-state index is 12.5. The Morgan fingerprint density at radius 2 is 1.84 bits per heavy atom. The lowest BCUT2D eigenvalue weighted by Crippen LogP contribution is -2.00.